The number of hydrogen-bond donors (Lipinski definition) is 2. The first kappa shape index (κ1) is 25.2. The minimum Gasteiger partial charge on any atom is -0.354 e. The number of benzene rings is 2. The number of sulfonamides is 1. The van der Waals surface area contributed by atoms with Gasteiger partial charge in [0.2, 0.25) is 15.9 Å². The summed E-state index contributed by atoms with van der Waals surface area (Å²) in [6, 6.07) is 12.5. The molecule has 0 saturated carbocycles. The number of hydrogen-bond acceptors (Lipinski definition) is 4. The molecular formula is C24H30ClN3O4S. The van der Waals surface area contributed by atoms with Gasteiger partial charge in [0.05, 0.1) is 4.90 Å². The molecule has 2 N–H and O–H groups in total. The van der Waals surface area contributed by atoms with Crippen LogP contribution in [0.5, 0.6) is 0 Å². The fourth-order valence-corrected chi connectivity index (χ4v) is 5.57. The van der Waals surface area contributed by atoms with Gasteiger partial charge >= 0.3 is 0 Å². The first-order valence-electron chi connectivity index (χ1n) is 11.1. The Kier molecular flexibility index (Phi) is 8.51. The monoisotopic (exact) mass is 491 g/mol. The molecule has 1 atom stereocenters. The Labute approximate surface area is 200 Å². The Balaban J connectivity index is 1.72. The Morgan fingerprint density at radius 3 is 2.39 bits per heavy atom. The van der Waals surface area contributed by atoms with E-state index in [0.29, 0.717) is 30.0 Å². The molecule has 0 aromatic heterocycles. The lowest BCUT2D eigenvalue weighted by molar-refractivity contribution is -0.124. The molecule has 178 valence electrons. The van der Waals surface area contributed by atoms with E-state index >= 15 is 0 Å². The molecule has 0 radical (unpaired) electrons. The zero-order valence-corrected chi connectivity index (χ0v) is 20.5. The van der Waals surface area contributed by atoms with Crippen molar-refractivity contribution in [1.82, 2.24) is 14.9 Å². The summed E-state index contributed by atoms with van der Waals surface area (Å²) < 4.78 is 27.4. The summed E-state index contributed by atoms with van der Waals surface area (Å²) in [5.74, 6) is -0.726. The second-order valence-corrected chi connectivity index (χ2v) is 10.7. The van der Waals surface area contributed by atoms with Gasteiger partial charge in [-0.1, -0.05) is 36.2 Å². The highest BCUT2D eigenvalue weighted by molar-refractivity contribution is 7.89. The summed E-state index contributed by atoms with van der Waals surface area (Å²) in [6.45, 7) is 4.92. The van der Waals surface area contributed by atoms with E-state index in [2.05, 4.69) is 10.6 Å². The third kappa shape index (κ3) is 6.34. The molecule has 1 aliphatic heterocycles. The van der Waals surface area contributed by atoms with Crippen LogP contribution in [0.1, 0.15) is 42.1 Å². The molecule has 3 rings (SSSR count). The molecule has 2 amide bonds. The van der Waals surface area contributed by atoms with Crippen molar-refractivity contribution < 1.29 is 18.0 Å². The molecule has 1 unspecified atom stereocenters. The van der Waals surface area contributed by atoms with Crippen LogP contribution in [0.3, 0.4) is 0 Å². The molecule has 2 aromatic carbocycles. The predicted octanol–water partition coefficient (Wildman–Crippen LogP) is 3.37. The van der Waals surface area contributed by atoms with Gasteiger partial charge in [-0.05, 0) is 68.5 Å². The molecule has 9 heteroatoms. The molecule has 0 spiro atoms. The maximum atomic E-state index is 13.0. The van der Waals surface area contributed by atoms with Crippen molar-refractivity contribution >= 4 is 33.4 Å². The second kappa shape index (κ2) is 11.1. The molecule has 1 saturated heterocycles. The van der Waals surface area contributed by atoms with Crippen LogP contribution in [0.2, 0.25) is 5.02 Å². The van der Waals surface area contributed by atoms with Gasteiger partial charge in [-0.15, -0.1) is 0 Å². The summed E-state index contributed by atoms with van der Waals surface area (Å²) in [5, 5.41) is 6.24. The zero-order valence-electron chi connectivity index (χ0n) is 18.9. The summed E-state index contributed by atoms with van der Waals surface area (Å²) in [6.07, 6.45) is 1.71. The van der Waals surface area contributed by atoms with E-state index in [1.165, 1.54) is 16.4 Å². The van der Waals surface area contributed by atoms with Gasteiger partial charge in [0.1, 0.15) is 6.04 Å². The highest BCUT2D eigenvalue weighted by Gasteiger charge is 2.36. The Morgan fingerprint density at radius 2 is 1.79 bits per heavy atom. The van der Waals surface area contributed by atoms with E-state index < -0.39 is 16.1 Å². The van der Waals surface area contributed by atoms with Crippen LogP contribution in [0.15, 0.2) is 53.4 Å². The third-order valence-electron chi connectivity index (χ3n) is 5.82. The topological polar surface area (TPSA) is 95.6 Å². The molecule has 1 aliphatic rings. The van der Waals surface area contributed by atoms with E-state index in [1.54, 1.807) is 30.3 Å². The van der Waals surface area contributed by atoms with Crippen molar-refractivity contribution in [2.45, 2.75) is 44.0 Å². The summed E-state index contributed by atoms with van der Waals surface area (Å²) >= 11 is 5.88. The van der Waals surface area contributed by atoms with Crippen molar-refractivity contribution in [2.75, 3.05) is 19.6 Å². The van der Waals surface area contributed by atoms with Gasteiger partial charge in [0, 0.05) is 30.2 Å². The standard InChI is InChI=1S/C24H30ClN3O4S/c1-3-13-26-24(30)22(27-23(29)19-6-4-5-17(2)16-19)18-11-14-28(15-12-18)33(31,32)21-9-7-20(25)8-10-21/h4-10,16,18,22H,3,11-15H2,1-2H3,(H,26,30)(H,27,29). The Morgan fingerprint density at radius 1 is 1.12 bits per heavy atom. The molecule has 0 bridgehead atoms. The number of carbonyl (C=O) groups excluding carboxylic acids is 2. The van der Waals surface area contributed by atoms with Gasteiger partial charge in [0.15, 0.2) is 0 Å². The van der Waals surface area contributed by atoms with Crippen LogP contribution in [-0.2, 0) is 14.8 Å². The van der Waals surface area contributed by atoms with E-state index in [9.17, 15) is 18.0 Å². The van der Waals surface area contributed by atoms with Crippen LogP contribution < -0.4 is 10.6 Å². The molecule has 1 fully saturated rings. The molecule has 1 heterocycles. The number of rotatable bonds is 8. The van der Waals surface area contributed by atoms with Crippen molar-refractivity contribution in [3.8, 4) is 0 Å². The Bertz CT molecular complexity index is 1080. The van der Waals surface area contributed by atoms with E-state index in [1.807, 2.05) is 19.9 Å². The van der Waals surface area contributed by atoms with Gasteiger partial charge in [-0.25, -0.2) is 8.42 Å². The van der Waals surface area contributed by atoms with Crippen LogP contribution in [0.25, 0.3) is 0 Å². The number of carbonyl (C=O) groups is 2. The van der Waals surface area contributed by atoms with Gasteiger partial charge < -0.3 is 10.6 Å². The van der Waals surface area contributed by atoms with Crippen LogP contribution >= 0.6 is 11.6 Å². The molecule has 0 aliphatic carbocycles. The average Bonchev–Trinajstić information content (AvgIpc) is 2.81. The van der Waals surface area contributed by atoms with Crippen molar-refractivity contribution in [2.24, 2.45) is 5.92 Å². The highest BCUT2D eigenvalue weighted by Crippen LogP contribution is 2.27. The van der Waals surface area contributed by atoms with Crippen molar-refractivity contribution in [3.05, 3.63) is 64.7 Å². The van der Waals surface area contributed by atoms with Crippen molar-refractivity contribution in [3.63, 3.8) is 0 Å². The van der Waals surface area contributed by atoms with Gasteiger partial charge in [-0.2, -0.15) is 4.31 Å². The van der Waals surface area contributed by atoms with Crippen LogP contribution in [0.4, 0.5) is 0 Å². The molecular weight excluding hydrogens is 462 g/mol. The van der Waals surface area contributed by atoms with E-state index in [0.717, 1.165) is 12.0 Å². The lowest BCUT2D eigenvalue weighted by atomic mass is 9.89. The number of nitrogens with one attached hydrogen (secondary N) is 2. The fraction of sp³-hybridized carbons (Fsp3) is 0.417. The molecule has 2 aromatic rings. The summed E-state index contributed by atoms with van der Waals surface area (Å²) in [5.41, 5.74) is 1.45. The maximum Gasteiger partial charge on any atom is 0.251 e. The van der Waals surface area contributed by atoms with Gasteiger partial charge in [-0.3, -0.25) is 9.59 Å². The number of aryl methyl sites for hydroxylation is 1. The smallest absolute Gasteiger partial charge is 0.251 e. The third-order valence-corrected chi connectivity index (χ3v) is 7.98. The fourth-order valence-electron chi connectivity index (χ4n) is 3.97. The normalized spacial score (nSPS) is 16.2. The zero-order chi connectivity index (χ0) is 24.0. The molecule has 7 nitrogen and oxygen atoms in total. The predicted molar refractivity (Wildman–Crippen MR) is 129 cm³/mol. The van der Waals surface area contributed by atoms with E-state index in [4.69, 9.17) is 11.6 Å². The van der Waals surface area contributed by atoms with Crippen LogP contribution in [0, 0.1) is 12.8 Å². The largest absolute Gasteiger partial charge is 0.354 e. The quantitative estimate of drug-likeness (QED) is 0.591. The summed E-state index contributed by atoms with van der Waals surface area (Å²) in [4.78, 5) is 25.9. The number of halogens is 1. The first-order chi connectivity index (χ1) is 15.7. The number of nitrogens with zero attached hydrogens (tertiary/aromatic N) is 1. The van der Waals surface area contributed by atoms with Crippen molar-refractivity contribution in [1.29, 1.82) is 0 Å². The lowest BCUT2D eigenvalue weighted by Crippen LogP contribution is -2.53. The number of piperidine rings is 1. The highest BCUT2D eigenvalue weighted by atomic mass is 35.5. The molecule has 33 heavy (non-hydrogen) atoms. The first-order valence-corrected chi connectivity index (χ1v) is 12.9. The maximum absolute atomic E-state index is 13.0. The van der Waals surface area contributed by atoms with Crippen LogP contribution in [-0.4, -0.2) is 50.2 Å². The minimum absolute atomic E-state index is 0.174. The van der Waals surface area contributed by atoms with Gasteiger partial charge in [0.25, 0.3) is 5.91 Å². The minimum atomic E-state index is -3.65. The Hall–Kier alpha value is -2.42. The number of amides is 2. The lowest BCUT2D eigenvalue weighted by Gasteiger charge is -2.35. The SMILES string of the molecule is CCCNC(=O)C(NC(=O)c1cccc(C)c1)C1CCN(S(=O)(=O)c2ccc(Cl)cc2)CC1. The average molecular weight is 492 g/mol. The second-order valence-electron chi connectivity index (χ2n) is 8.31. The van der Waals surface area contributed by atoms with E-state index in [-0.39, 0.29) is 35.7 Å². The summed E-state index contributed by atoms with van der Waals surface area (Å²) in [7, 11) is -3.65.